The summed E-state index contributed by atoms with van der Waals surface area (Å²) in [5.74, 6) is -0.0761. The second-order valence-corrected chi connectivity index (χ2v) is 6.05. The Labute approximate surface area is 154 Å². The molecule has 0 unspecified atom stereocenters. The Balaban J connectivity index is 1.58. The minimum atomic E-state index is -0.402. The maximum absolute atomic E-state index is 12.6. The highest BCUT2D eigenvalue weighted by Crippen LogP contribution is 2.21. The van der Waals surface area contributed by atoms with Crippen molar-refractivity contribution in [1.82, 2.24) is 29.8 Å². The van der Waals surface area contributed by atoms with E-state index >= 15 is 0 Å². The first kappa shape index (κ1) is 16.7. The molecule has 27 heavy (non-hydrogen) atoms. The predicted molar refractivity (Wildman–Crippen MR) is 98.6 cm³/mol. The van der Waals surface area contributed by atoms with Gasteiger partial charge in [0.1, 0.15) is 12.0 Å². The molecule has 0 saturated carbocycles. The van der Waals surface area contributed by atoms with Crippen molar-refractivity contribution < 1.29 is 9.21 Å². The van der Waals surface area contributed by atoms with Crippen molar-refractivity contribution >= 4 is 22.8 Å². The summed E-state index contributed by atoms with van der Waals surface area (Å²) in [6, 6.07) is 5.77. The quantitative estimate of drug-likeness (QED) is 0.567. The van der Waals surface area contributed by atoms with E-state index in [1.807, 2.05) is 29.8 Å². The monoisotopic (exact) mass is 363 g/mol. The number of para-hydroxylation sites is 1. The van der Waals surface area contributed by atoms with Gasteiger partial charge in [-0.1, -0.05) is 12.1 Å². The van der Waals surface area contributed by atoms with Crippen molar-refractivity contribution in [3.05, 3.63) is 53.9 Å². The Morgan fingerprint density at radius 2 is 2.15 bits per heavy atom. The summed E-state index contributed by atoms with van der Waals surface area (Å²) < 4.78 is 7.14. The molecular formula is C18H17N7O2. The number of oxazole rings is 1. The van der Waals surface area contributed by atoms with Crippen LogP contribution in [0.4, 0.5) is 5.82 Å². The van der Waals surface area contributed by atoms with Gasteiger partial charge in [-0.3, -0.25) is 4.79 Å². The van der Waals surface area contributed by atoms with E-state index in [0.29, 0.717) is 23.8 Å². The first-order valence-corrected chi connectivity index (χ1v) is 8.25. The van der Waals surface area contributed by atoms with Crippen LogP contribution < -0.4 is 11.1 Å². The van der Waals surface area contributed by atoms with E-state index in [0.717, 1.165) is 16.6 Å². The predicted octanol–water partition coefficient (Wildman–Crippen LogP) is 1.84. The van der Waals surface area contributed by atoms with Crippen LogP contribution in [0.25, 0.3) is 22.6 Å². The third-order valence-corrected chi connectivity index (χ3v) is 4.21. The number of nitrogens with two attached hydrogens (primary N) is 1. The number of hydrogen-bond donors (Lipinski definition) is 2. The molecule has 4 rings (SSSR count). The van der Waals surface area contributed by atoms with Crippen LogP contribution in [-0.4, -0.2) is 30.4 Å². The minimum Gasteiger partial charge on any atom is -0.443 e. The molecule has 136 valence electrons. The molecule has 0 aliphatic heterocycles. The van der Waals surface area contributed by atoms with Gasteiger partial charge < -0.3 is 20.0 Å². The number of benzene rings is 1. The number of carbonyl (C=O) groups is 1. The molecule has 0 aliphatic carbocycles. The SMILES string of the molecule is Cc1nc(C(=O)NCc2cccc3ncn(C)c23)c(N)nc1-c1ncco1. The summed E-state index contributed by atoms with van der Waals surface area (Å²) in [4.78, 5) is 29.5. The first-order chi connectivity index (χ1) is 13.0. The summed E-state index contributed by atoms with van der Waals surface area (Å²) in [7, 11) is 1.91. The molecule has 0 atom stereocenters. The molecule has 0 spiro atoms. The summed E-state index contributed by atoms with van der Waals surface area (Å²) in [6.07, 6.45) is 4.68. The molecule has 9 heteroatoms. The molecule has 3 heterocycles. The number of rotatable bonds is 4. The lowest BCUT2D eigenvalue weighted by Crippen LogP contribution is -2.26. The fourth-order valence-electron chi connectivity index (χ4n) is 2.94. The van der Waals surface area contributed by atoms with E-state index in [2.05, 4.69) is 25.3 Å². The van der Waals surface area contributed by atoms with Crippen molar-refractivity contribution in [3.63, 3.8) is 0 Å². The molecule has 4 aromatic rings. The molecule has 0 radical (unpaired) electrons. The number of aryl methyl sites for hydroxylation is 2. The zero-order chi connectivity index (χ0) is 19.0. The van der Waals surface area contributed by atoms with Gasteiger partial charge in [0.2, 0.25) is 5.89 Å². The molecule has 3 N–H and O–H groups in total. The number of fused-ring (bicyclic) bond motifs is 1. The molecule has 9 nitrogen and oxygen atoms in total. The van der Waals surface area contributed by atoms with Crippen LogP contribution in [0.2, 0.25) is 0 Å². The van der Waals surface area contributed by atoms with Gasteiger partial charge in [0.25, 0.3) is 5.91 Å². The zero-order valence-electron chi connectivity index (χ0n) is 14.8. The Kier molecular flexibility index (Phi) is 4.03. The first-order valence-electron chi connectivity index (χ1n) is 8.25. The largest absolute Gasteiger partial charge is 0.443 e. The number of nitrogen functional groups attached to an aromatic ring is 1. The van der Waals surface area contributed by atoms with Crippen LogP contribution in [-0.2, 0) is 13.6 Å². The molecular weight excluding hydrogens is 346 g/mol. The normalized spacial score (nSPS) is 11.0. The van der Waals surface area contributed by atoms with Crippen molar-refractivity contribution in [1.29, 1.82) is 0 Å². The lowest BCUT2D eigenvalue weighted by atomic mass is 10.1. The van der Waals surface area contributed by atoms with Gasteiger partial charge in [0, 0.05) is 13.6 Å². The number of nitrogens with zero attached hydrogens (tertiary/aromatic N) is 5. The van der Waals surface area contributed by atoms with E-state index in [1.54, 1.807) is 13.3 Å². The van der Waals surface area contributed by atoms with Crippen LogP contribution >= 0.6 is 0 Å². The fraction of sp³-hybridized carbons (Fsp3) is 0.167. The molecule has 1 amide bonds. The average Bonchev–Trinajstić information content (AvgIpc) is 3.32. The second-order valence-electron chi connectivity index (χ2n) is 6.05. The fourth-order valence-corrected chi connectivity index (χ4v) is 2.94. The Bertz CT molecular complexity index is 1130. The number of aromatic nitrogens is 5. The van der Waals surface area contributed by atoms with Crippen LogP contribution in [0.15, 0.2) is 41.4 Å². The van der Waals surface area contributed by atoms with Crippen LogP contribution in [0, 0.1) is 6.92 Å². The second kappa shape index (κ2) is 6.52. The Morgan fingerprint density at radius 3 is 2.93 bits per heavy atom. The van der Waals surface area contributed by atoms with Gasteiger partial charge in [-0.15, -0.1) is 0 Å². The number of hydrogen-bond acceptors (Lipinski definition) is 7. The maximum atomic E-state index is 12.6. The summed E-state index contributed by atoms with van der Waals surface area (Å²) in [5, 5.41) is 2.85. The summed E-state index contributed by atoms with van der Waals surface area (Å²) >= 11 is 0. The number of anilines is 1. The van der Waals surface area contributed by atoms with Gasteiger partial charge in [-0.25, -0.2) is 19.9 Å². The molecule has 0 fully saturated rings. The van der Waals surface area contributed by atoms with Gasteiger partial charge >= 0.3 is 0 Å². The molecule has 0 aliphatic rings. The standard InChI is InChI=1S/C18H17N7O2/c1-10-13(18-20-6-7-27-18)24-16(19)14(23-10)17(26)21-8-11-4-3-5-12-15(11)25(2)9-22-12/h3-7,9H,8H2,1-2H3,(H2,19,24)(H,21,26). The van der Waals surface area contributed by atoms with Gasteiger partial charge in [0.15, 0.2) is 11.5 Å². The van der Waals surface area contributed by atoms with Gasteiger partial charge in [-0.2, -0.15) is 0 Å². The van der Waals surface area contributed by atoms with Crippen molar-refractivity contribution in [2.45, 2.75) is 13.5 Å². The Morgan fingerprint density at radius 1 is 1.30 bits per heavy atom. The molecule has 1 aromatic carbocycles. The highest BCUT2D eigenvalue weighted by atomic mass is 16.3. The molecule has 0 bridgehead atoms. The van der Waals surface area contributed by atoms with Crippen molar-refractivity contribution in [2.24, 2.45) is 7.05 Å². The smallest absolute Gasteiger partial charge is 0.273 e. The van der Waals surface area contributed by atoms with Crippen molar-refractivity contribution in [3.8, 4) is 11.6 Å². The van der Waals surface area contributed by atoms with Crippen LogP contribution in [0.3, 0.4) is 0 Å². The van der Waals surface area contributed by atoms with E-state index < -0.39 is 5.91 Å². The number of amides is 1. The molecule has 3 aromatic heterocycles. The average molecular weight is 363 g/mol. The maximum Gasteiger partial charge on any atom is 0.273 e. The molecule has 0 saturated heterocycles. The third kappa shape index (κ3) is 2.99. The topological polar surface area (TPSA) is 125 Å². The van der Waals surface area contributed by atoms with E-state index in [1.165, 1.54) is 12.5 Å². The lowest BCUT2D eigenvalue weighted by Gasteiger charge is -2.10. The third-order valence-electron chi connectivity index (χ3n) is 4.21. The van der Waals surface area contributed by atoms with Gasteiger partial charge in [0.05, 0.1) is 29.3 Å². The van der Waals surface area contributed by atoms with Gasteiger partial charge in [-0.05, 0) is 18.6 Å². The van der Waals surface area contributed by atoms with E-state index in [9.17, 15) is 4.79 Å². The highest BCUT2D eigenvalue weighted by Gasteiger charge is 2.19. The van der Waals surface area contributed by atoms with Crippen LogP contribution in [0.1, 0.15) is 21.7 Å². The van der Waals surface area contributed by atoms with Crippen LogP contribution in [0.5, 0.6) is 0 Å². The lowest BCUT2D eigenvalue weighted by molar-refractivity contribution is 0.0946. The minimum absolute atomic E-state index is 0.0186. The van der Waals surface area contributed by atoms with Crippen molar-refractivity contribution in [2.75, 3.05) is 5.73 Å². The van der Waals surface area contributed by atoms with E-state index in [-0.39, 0.29) is 11.5 Å². The Hall–Kier alpha value is -3.75. The number of carbonyl (C=O) groups excluding carboxylic acids is 1. The number of imidazole rings is 1. The zero-order valence-corrected chi connectivity index (χ0v) is 14.8. The summed E-state index contributed by atoms with van der Waals surface area (Å²) in [6.45, 7) is 2.04. The summed E-state index contributed by atoms with van der Waals surface area (Å²) in [5.41, 5.74) is 9.71. The number of nitrogens with one attached hydrogen (secondary N) is 1. The highest BCUT2D eigenvalue weighted by molar-refractivity contribution is 5.96. The van der Waals surface area contributed by atoms with E-state index in [4.69, 9.17) is 10.2 Å².